The summed E-state index contributed by atoms with van der Waals surface area (Å²) in [5.74, 6) is -0.0518. The van der Waals surface area contributed by atoms with Crippen LogP contribution in [0, 0.1) is 0 Å². The Hall–Kier alpha value is -0.720. The highest BCUT2D eigenvalue weighted by Crippen LogP contribution is 2.24. The van der Waals surface area contributed by atoms with Crippen molar-refractivity contribution in [2.24, 2.45) is 0 Å². The number of ether oxygens (including phenoxy) is 4. The Morgan fingerprint density at radius 1 is 0.708 bits per heavy atom. The van der Waals surface area contributed by atoms with Gasteiger partial charge in [0.1, 0.15) is 13.2 Å². The van der Waals surface area contributed by atoms with Gasteiger partial charge in [-0.05, 0) is 0 Å². The van der Waals surface area contributed by atoms with Gasteiger partial charge in [0.05, 0.1) is 27.1 Å². The lowest BCUT2D eigenvalue weighted by Gasteiger charge is -2.06. The predicted octanol–water partition coefficient (Wildman–Crippen LogP) is 3.15. The van der Waals surface area contributed by atoms with E-state index in [1.807, 2.05) is 0 Å². The van der Waals surface area contributed by atoms with Gasteiger partial charge in [0.15, 0.2) is 0 Å². The van der Waals surface area contributed by atoms with Crippen molar-refractivity contribution in [3.05, 3.63) is 0 Å². The Balaban J connectivity index is 3.47. The molecule has 0 spiro atoms. The molecule has 138 valence electrons. The number of carbonyl (C=O) groups is 4. The fourth-order valence-electron chi connectivity index (χ4n) is 0.953. The summed E-state index contributed by atoms with van der Waals surface area (Å²) in [6.45, 7) is -0.0487. The molecule has 0 radical (unpaired) electrons. The summed E-state index contributed by atoms with van der Waals surface area (Å²) >= 11 is 0. The quantitative estimate of drug-likeness (QED) is 0.213. The zero-order valence-corrected chi connectivity index (χ0v) is 16.4. The molecule has 24 heavy (non-hydrogen) atoms. The molecule has 0 heterocycles. The van der Waals surface area contributed by atoms with Crippen LogP contribution in [0.3, 0.4) is 0 Å². The first-order valence-electron chi connectivity index (χ1n) is 6.55. The zero-order chi connectivity index (χ0) is 18.2. The van der Waals surface area contributed by atoms with Crippen molar-refractivity contribution in [2.45, 2.75) is 12.8 Å². The Morgan fingerprint density at radius 2 is 1.08 bits per heavy atom. The van der Waals surface area contributed by atoms with Crippen LogP contribution in [0.5, 0.6) is 0 Å². The Morgan fingerprint density at radius 3 is 1.42 bits per heavy atom. The lowest BCUT2D eigenvalue weighted by atomic mass is 10.5. The zero-order valence-electron chi connectivity index (χ0n) is 13.1. The highest BCUT2D eigenvalue weighted by molar-refractivity contribution is 8.82. The maximum atomic E-state index is 11.4. The number of methoxy groups -OCH3 is 2. The van der Waals surface area contributed by atoms with Crippen LogP contribution in [-0.4, -0.2) is 61.5 Å². The third-order valence-corrected chi connectivity index (χ3v) is 6.08. The van der Waals surface area contributed by atoms with Crippen LogP contribution >= 0.6 is 43.2 Å². The Bertz CT molecular complexity index is 380. The number of hydrogen-bond donors (Lipinski definition) is 0. The highest BCUT2D eigenvalue weighted by Gasteiger charge is 2.08. The van der Waals surface area contributed by atoms with E-state index in [0.717, 1.165) is 21.6 Å². The molecule has 0 bridgehead atoms. The third-order valence-electron chi connectivity index (χ3n) is 1.98. The minimum atomic E-state index is -0.436. The van der Waals surface area contributed by atoms with Crippen molar-refractivity contribution in [1.29, 1.82) is 0 Å². The SMILES string of the molecule is COC(=O)SSCCC(=O)OCCOC(=O)CCSSC(=O)OC. The summed E-state index contributed by atoms with van der Waals surface area (Å²) in [6, 6.07) is 0. The van der Waals surface area contributed by atoms with E-state index in [4.69, 9.17) is 9.47 Å². The van der Waals surface area contributed by atoms with Gasteiger partial charge in [0, 0.05) is 33.1 Å². The average molecular weight is 419 g/mol. The van der Waals surface area contributed by atoms with Gasteiger partial charge >= 0.3 is 22.5 Å². The van der Waals surface area contributed by atoms with Crippen LogP contribution in [0.25, 0.3) is 0 Å². The van der Waals surface area contributed by atoms with Crippen molar-refractivity contribution >= 4 is 65.7 Å². The smallest absolute Gasteiger partial charge is 0.377 e. The second-order valence-electron chi connectivity index (χ2n) is 3.66. The van der Waals surface area contributed by atoms with Gasteiger partial charge in [-0.15, -0.1) is 0 Å². The van der Waals surface area contributed by atoms with Gasteiger partial charge in [0.25, 0.3) is 0 Å². The van der Waals surface area contributed by atoms with Crippen molar-refractivity contribution < 1.29 is 38.1 Å². The largest absolute Gasteiger partial charge is 0.462 e. The van der Waals surface area contributed by atoms with Crippen molar-refractivity contribution in [1.82, 2.24) is 0 Å². The molecule has 0 saturated heterocycles. The molecule has 0 aliphatic carbocycles. The topological polar surface area (TPSA) is 105 Å². The molecule has 0 aliphatic rings. The Kier molecular flexibility index (Phi) is 15.3. The summed E-state index contributed by atoms with van der Waals surface area (Å²) in [5, 5.41) is -0.855. The first kappa shape index (κ1) is 23.3. The van der Waals surface area contributed by atoms with E-state index in [2.05, 4.69) is 9.47 Å². The summed E-state index contributed by atoms with van der Waals surface area (Å²) < 4.78 is 18.6. The van der Waals surface area contributed by atoms with Gasteiger partial charge in [-0.2, -0.15) is 0 Å². The molecule has 0 aromatic carbocycles. The number of esters is 2. The van der Waals surface area contributed by atoms with Crippen LogP contribution in [0.4, 0.5) is 9.59 Å². The van der Waals surface area contributed by atoms with E-state index in [9.17, 15) is 19.2 Å². The highest BCUT2D eigenvalue weighted by atomic mass is 33.1. The van der Waals surface area contributed by atoms with Crippen LogP contribution in [-0.2, 0) is 28.5 Å². The predicted molar refractivity (Wildman–Crippen MR) is 96.1 cm³/mol. The van der Waals surface area contributed by atoms with E-state index >= 15 is 0 Å². The van der Waals surface area contributed by atoms with Crippen LogP contribution < -0.4 is 0 Å². The standard InChI is InChI=1S/C12H18O8S4/c1-17-11(15)23-21-7-3-9(13)19-5-6-20-10(14)4-8-22-24-12(16)18-2/h3-8H2,1-2H3. The maximum absolute atomic E-state index is 11.4. The van der Waals surface area contributed by atoms with Crippen molar-refractivity contribution in [3.8, 4) is 0 Å². The molecular weight excluding hydrogens is 400 g/mol. The molecule has 0 amide bonds. The van der Waals surface area contributed by atoms with E-state index in [1.54, 1.807) is 0 Å². The van der Waals surface area contributed by atoms with E-state index in [-0.39, 0.29) is 26.1 Å². The molecule has 0 aliphatic heterocycles. The van der Waals surface area contributed by atoms with Crippen molar-refractivity contribution in [2.75, 3.05) is 38.9 Å². The molecule has 0 aromatic heterocycles. The molecule has 0 saturated carbocycles. The summed E-state index contributed by atoms with van der Waals surface area (Å²) in [7, 11) is 6.76. The molecule has 12 heteroatoms. The lowest BCUT2D eigenvalue weighted by Crippen LogP contribution is -2.14. The number of rotatable bonds is 11. The molecule has 0 rings (SSSR count). The fraction of sp³-hybridized carbons (Fsp3) is 0.667. The van der Waals surface area contributed by atoms with Crippen LogP contribution in [0.1, 0.15) is 12.8 Å². The maximum Gasteiger partial charge on any atom is 0.377 e. The second-order valence-corrected chi connectivity index (χ2v) is 8.36. The first-order chi connectivity index (χ1) is 11.5. The summed E-state index contributed by atoms with van der Waals surface area (Å²) in [6.07, 6.45) is 0.286. The lowest BCUT2D eigenvalue weighted by molar-refractivity contribution is -0.151. The van der Waals surface area contributed by atoms with Gasteiger partial charge < -0.3 is 18.9 Å². The molecule has 0 atom stereocenters. The molecule has 0 unspecified atom stereocenters. The van der Waals surface area contributed by atoms with Gasteiger partial charge in [-0.1, -0.05) is 21.6 Å². The van der Waals surface area contributed by atoms with E-state index < -0.39 is 22.5 Å². The van der Waals surface area contributed by atoms with Gasteiger partial charge in [-0.3, -0.25) is 9.59 Å². The van der Waals surface area contributed by atoms with Crippen LogP contribution in [0.2, 0.25) is 0 Å². The number of carbonyl (C=O) groups excluding carboxylic acids is 4. The molecule has 0 aromatic rings. The summed E-state index contributed by atoms with van der Waals surface area (Å²) in [5.41, 5.74) is 0. The monoisotopic (exact) mass is 418 g/mol. The Labute approximate surface area is 155 Å². The first-order valence-corrected chi connectivity index (χ1v) is 11.2. The summed E-state index contributed by atoms with van der Waals surface area (Å²) in [4.78, 5) is 44.3. The third kappa shape index (κ3) is 14.8. The van der Waals surface area contributed by atoms with Gasteiger partial charge in [-0.25, -0.2) is 9.59 Å². The second kappa shape index (κ2) is 15.8. The molecule has 0 N–H and O–H groups in total. The van der Waals surface area contributed by atoms with Gasteiger partial charge in [0.2, 0.25) is 0 Å². The molecule has 0 fully saturated rings. The average Bonchev–Trinajstić information content (AvgIpc) is 2.58. The molecular formula is C12H18O8S4. The van der Waals surface area contributed by atoms with E-state index in [0.29, 0.717) is 11.5 Å². The molecule has 8 nitrogen and oxygen atoms in total. The van der Waals surface area contributed by atoms with Crippen LogP contribution in [0.15, 0.2) is 0 Å². The number of hydrogen-bond acceptors (Lipinski definition) is 12. The normalized spacial score (nSPS) is 9.92. The minimum Gasteiger partial charge on any atom is -0.462 e. The minimum absolute atomic E-state index is 0.0244. The fourth-order valence-corrected chi connectivity index (χ4v) is 3.93. The van der Waals surface area contributed by atoms with Crippen molar-refractivity contribution in [3.63, 3.8) is 0 Å². The van der Waals surface area contributed by atoms with E-state index in [1.165, 1.54) is 35.8 Å².